The summed E-state index contributed by atoms with van der Waals surface area (Å²) in [6.45, 7) is 0.418. The number of carbonyl (C=O) groups excluding carboxylic acids is 1. The van der Waals surface area contributed by atoms with E-state index in [-0.39, 0.29) is 24.6 Å². The van der Waals surface area contributed by atoms with E-state index in [9.17, 15) is 14.0 Å². The molecular formula is C16H16FN3O2. The lowest BCUT2D eigenvalue weighted by Crippen LogP contribution is -2.35. The van der Waals surface area contributed by atoms with E-state index in [0.717, 1.165) is 5.56 Å². The van der Waals surface area contributed by atoms with E-state index in [4.69, 9.17) is 0 Å². The highest BCUT2D eigenvalue weighted by molar-refractivity contribution is 5.76. The maximum absolute atomic E-state index is 13.1. The summed E-state index contributed by atoms with van der Waals surface area (Å²) in [6, 6.07) is 10.8. The summed E-state index contributed by atoms with van der Waals surface area (Å²) >= 11 is 0. The predicted octanol–water partition coefficient (Wildman–Crippen LogP) is 1.48. The van der Waals surface area contributed by atoms with Gasteiger partial charge in [0, 0.05) is 18.2 Å². The molecule has 0 saturated carbocycles. The molecule has 5 nitrogen and oxygen atoms in total. The zero-order chi connectivity index (χ0) is 15.5. The van der Waals surface area contributed by atoms with E-state index in [2.05, 4.69) is 4.98 Å². The van der Waals surface area contributed by atoms with E-state index >= 15 is 0 Å². The molecule has 0 spiro atoms. The molecule has 0 radical (unpaired) electrons. The van der Waals surface area contributed by atoms with E-state index in [1.54, 1.807) is 0 Å². The number of likely N-dealkylation sites (tertiary alicyclic amines) is 1. The molecule has 3 rings (SSSR count). The van der Waals surface area contributed by atoms with Crippen molar-refractivity contribution in [3.63, 3.8) is 0 Å². The Morgan fingerprint density at radius 1 is 1.32 bits per heavy atom. The summed E-state index contributed by atoms with van der Waals surface area (Å²) in [5, 5.41) is 0. The van der Waals surface area contributed by atoms with Gasteiger partial charge in [-0.1, -0.05) is 30.3 Å². The highest BCUT2D eigenvalue weighted by Gasteiger charge is 2.25. The first-order valence-corrected chi connectivity index (χ1v) is 7.17. The number of hydrogen-bond donors (Lipinski definition) is 0. The van der Waals surface area contributed by atoms with Crippen LogP contribution in [0.2, 0.25) is 0 Å². The van der Waals surface area contributed by atoms with Gasteiger partial charge in [0.15, 0.2) is 0 Å². The number of hydrogen-bond acceptors (Lipinski definition) is 3. The van der Waals surface area contributed by atoms with Crippen molar-refractivity contribution in [3.8, 4) is 11.3 Å². The van der Waals surface area contributed by atoms with Crippen LogP contribution in [0.5, 0.6) is 0 Å². The molecule has 1 aromatic carbocycles. The summed E-state index contributed by atoms with van der Waals surface area (Å²) in [6.07, 6.45) is 0.775. The minimum Gasteiger partial charge on any atom is -0.338 e. The molecule has 0 N–H and O–H groups in total. The number of aromatic nitrogens is 2. The molecule has 1 aromatic heterocycles. The Morgan fingerprint density at radius 3 is 2.73 bits per heavy atom. The van der Waals surface area contributed by atoms with Crippen LogP contribution in [0.15, 0.2) is 47.5 Å². The Morgan fingerprint density at radius 2 is 2.09 bits per heavy atom. The number of halogens is 1. The van der Waals surface area contributed by atoms with Crippen LogP contribution in [0.4, 0.5) is 4.39 Å². The fourth-order valence-corrected chi connectivity index (χ4v) is 2.50. The molecule has 1 aliphatic heterocycles. The molecule has 1 atom stereocenters. The van der Waals surface area contributed by atoms with Gasteiger partial charge in [0.05, 0.1) is 18.6 Å². The van der Waals surface area contributed by atoms with Gasteiger partial charge < -0.3 is 4.90 Å². The zero-order valence-electron chi connectivity index (χ0n) is 12.0. The topological polar surface area (TPSA) is 55.2 Å². The average Bonchev–Trinajstić information content (AvgIpc) is 2.97. The van der Waals surface area contributed by atoms with Crippen LogP contribution in [0.25, 0.3) is 11.3 Å². The normalized spacial score (nSPS) is 17.7. The lowest BCUT2D eigenvalue weighted by Gasteiger charge is -2.15. The zero-order valence-corrected chi connectivity index (χ0v) is 12.0. The van der Waals surface area contributed by atoms with Gasteiger partial charge in [0.25, 0.3) is 5.56 Å². The fraction of sp³-hybridized carbons (Fsp3) is 0.312. The third-order valence-corrected chi connectivity index (χ3v) is 3.74. The molecule has 1 aliphatic rings. The van der Waals surface area contributed by atoms with Crippen molar-refractivity contribution in [3.05, 3.63) is 53.1 Å². The molecule has 22 heavy (non-hydrogen) atoms. The monoisotopic (exact) mass is 301 g/mol. The lowest BCUT2D eigenvalue weighted by atomic mass is 10.1. The van der Waals surface area contributed by atoms with Crippen molar-refractivity contribution in [2.45, 2.75) is 19.1 Å². The van der Waals surface area contributed by atoms with Gasteiger partial charge in [-0.25, -0.2) is 9.37 Å². The van der Waals surface area contributed by atoms with E-state index < -0.39 is 6.17 Å². The number of carbonyl (C=O) groups is 1. The third-order valence-electron chi connectivity index (χ3n) is 3.74. The van der Waals surface area contributed by atoms with Gasteiger partial charge in [0.2, 0.25) is 5.91 Å². The van der Waals surface area contributed by atoms with Crippen LogP contribution in [0.3, 0.4) is 0 Å². The highest BCUT2D eigenvalue weighted by Crippen LogP contribution is 2.14. The fourth-order valence-electron chi connectivity index (χ4n) is 2.50. The number of benzene rings is 1. The Hall–Kier alpha value is -2.50. The number of alkyl halides is 1. The molecule has 1 amide bonds. The van der Waals surface area contributed by atoms with E-state index in [1.165, 1.54) is 21.9 Å². The number of amides is 1. The first-order chi connectivity index (χ1) is 10.6. The maximum atomic E-state index is 13.1. The van der Waals surface area contributed by atoms with Crippen molar-refractivity contribution >= 4 is 5.91 Å². The van der Waals surface area contributed by atoms with Crippen molar-refractivity contribution in [2.24, 2.45) is 0 Å². The minimum atomic E-state index is -0.959. The van der Waals surface area contributed by atoms with Crippen LogP contribution in [-0.4, -0.2) is 39.6 Å². The Kier molecular flexibility index (Phi) is 4.00. The smallest absolute Gasteiger partial charge is 0.254 e. The molecule has 0 bridgehead atoms. The Bertz CT molecular complexity index is 730. The second-order valence-electron chi connectivity index (χ2n) is 5.33. The molecular weight excluding hydrogens is 285 g/mol. The summed E-state index contributed by atoms with van der Waals surface area (Å²) in [5.41, 5.74) is 1.12. The molecule has 114 valence electrons. The van der Waals surface area contributed by atoms with Gasteiger partial charge >= 0.3 is 0 Å². The number of rotatable bonds is 3. The van der Waals surface area contributed by atoms with Crippen molar-refractivity contribution in [2.75, 3.05) is 13.1 Å². The van der Waals surface area contributed by atoms with Gasteiger partial charge in [-0.05, 0) is 6.42 Å². The van der Waals surface area contributed by atoms with Crippen LogP contribution in [0.1, 0.15) is 6.42 Å². The van der Waals surface area contributed by atoms with E-state index in [1.807, 2.05) is 30.3 Å². The Balaban J connectivity index is 1.76. The first-order valence-electron chi connectivity index (χ1n) is 7.17. The number of nitrogens with zero attached hydrogens (tertiary/aromatic N) is 3. The highest BCUT2D eigenvalue weighted by atomic mass is 19.1. The molecule has 2 heterocycles. The van der Waals surface area contributed by atoms with Crippen LogP contribution >= 0.6 is 0 Å². The Labute approximate surface area is 127 Å². The van der Waals surface area contributed by atoms with Crippen molar-refractivity contribution in [1.29, 1.82) is 0 Å². The van der Waals surface area contributed by atoms with Gasteiger partial charge in [-0.3, -0.25) is 14.2 Å². The maximum Gasteiger partial charge on any atom is 0.254 e. The summed E-state index contributed by atoms with van der Waals surface area (Å²) in [7, 11) is 0. The van der Waals surface area contributed by atoms with Crippen LogP contribution in [-0.2, 0) is 11.3 Å². The molecule has 0 aliphatic carbocycles. The molecule has 2 aromatic rings. The lowest BCUT2D eigenvalue weighted by molar-refractivity contribution is -0.131. The van der Waals surface area contributed by atoms with Crippen LogP contribution < -0.4 is 5.56 Å². The first kappa shape index (κ1) is 14.4. The van der Waals surface area contributed by atoms with E-state index in [0.29, 0.717) is 18.7 Å². The standard InChI is InChI=1S/C16H16FN3O2/c17-13-6-7-19(9-13)16(22)10-20-11-18-14(8-15(20)21)12-4-2-1-3-5-12/h1-5,8,11,13H,6-7,9-10H2/t13-/m0/s1. The van der Waals surface area contributed by atoms with Gasteiger partial charge in [-0.2, -0.15) is 0 Å². The third kappa shape index (κ3) is 3.05. The van der Waals surface area contributed by atoms with Gasteiger partial charge in [0.1, 0.15) is 12.7 Å². The molecule has 6 heteroatoms. The van der Waals surface area contributed by atoms with Crippen LogP contribution in [0, 0.1) is 0 Å². The average molecular weight is 301 g/mol. The largest absolute Gasteiger partial charge is 0.338 e. The van der Waals surface area contributed by atoms with Gasteiger partial charge in [-0.15, -0.1) is 0 Å². The minimum absolute atomic E-state index is 0.104. The van der Waals surface area contributed by atoms with Crippen molar-refractivity contribution in [1.82, 2.24) is 14.5 Å². The second kappa shape index (κ2) is 6.09. The predicted molar refractivity (Wildman–Crippen MR) is 80.0 cm³/mol. The molecule has 1 saturated heterocycles. The quantitative estimate of drug-likeness (QED) is 0.863. The summed E-state index contributed by atoms with van der Waals surface area (Å²) < 4.78 is 14.4. The molecule has 1 fully saturated rings. The summed E-state index contributed by atoms with van der Waals surface area (Å²) in [4.78, 5) is 29.8. The summed E-state index contributed by atoms with van der Waals surface area (Å²) in [5.74, 6) is -0.253. The van der Waals surface area contributed by atoms with Crippen molar-refractivity contribution < 1.29 is 9.18 Å². The SMILES string of the molecule is O=C(Cn1cnc(-c2ccccc2)cc1=O)N1CC[C@H](F)C1. The second-order valence-corrected chi connectivity index (χ2v) is 5.33. The molecule has 0 unspecified atom stereocenters.